The monoisotopic (exact) mass is 504 g/mol. The summed E-state index contributed by atoms with van der Waals surface area (Å²) in [6.45, 7) is 1.90. The maximum Gasteiger partial charge on any atom is 0.301 e. The van der Waals surface area contributed by atoms with Crippen molar-refractivity contribution in [2.24, 2.45) is 0 Å². The van der Waals surface area contributed by atoms with E-state index >= 15 is 0 Å². The lowest BCUT2D eigenvalue weighted by Crippen LogP contribution is -2.29. The van der Waals surface area contributed by atoms with Gasteiger partial charge in [0.1, 0.15) is 29.1 Å². The summed E-state index contributed by atoms with van der Waals surface area (Å²) in [7, 11) is 2.97. The van der Waals surface area contributed by atoms with E-state index < -0.39 is 23.5 Å². The van der Waals surface area contributed by atoms with Gasteiger partial charge in [-0.3, -0.25) is 14.5 Å². The number of methoxy groups -OCH3 is 2. The lowest BCUT2D eigenvalue weighted by molar-refractivity contribution is -0.132. The third-order valence-electron chi connectivity index (χ3n) is 6.05. The highest BCUT2D eigenvalue weighted by atomic mass is 32.1. The van der Waals surface area contributed by atoms with Crippen LogP contribution in [0.5, 0.6) is 11.5 Å². The molecule has 182 valence electrons. The first-order valence-electron chi connectivity index (χ1n) is 11.0. The number of aliphatic hydroxyl groups is 1. The quantitative estimate of drug-likeness (QED) is 0.223. The summed E-state index contributed by atoms with van der Waals surface area (Å²) >= 11 is 1.07. The molecule has 1 aromatic heterocycles. The summed E-state index contributed by atoms with van der Waals surface area (Å²) in [4.78, 5) is 32.6. The van der Waals surface area contributed by atoms with Gasteiger partial charge in [0.05, 0.1) is 30.0 Å². The van der Waals surface area contributed by atoms with E-state index in [1.165, 1.54) is 37.3 Å². The predicted molar refractivity (Wildman–Crippen MR) is 135 cm³/mol. The minimum absolute atomic E-state index is 0.110. The molecule has 2 heterocycles. The van der Waals surface area contributed by atoms with Crippen molar-refractivity contribution < 1.29 is 28.6 Å². The number of aromatic nitrogens is 1. The Balaban J connectivity index is 1.78. The second-order valence-electron chi connectivity index (χ2n) is 8.25. The minimum Gasteiger partial charge on any atom is -0.507 e. The van der Waals surface area contributed by atoms with Crippen LogP contribution in [0, 0.1) is 12.7 Å². The summed E-state index contributed by atoms with van der Waals surface area (Å²) in [5.74, 6) is -1.64. The van der Waals surface area contributed by atoms with Gasteiger partial charge in [-0.2, -0.15) is 0 Å². The number of fused-ring (bicyclic) bond motifs is 1. The van der Waals surface area contributed by atoms with Gasteiger partial charge >= 0.3 is 5.91 Å². The first kappa shape index (κ1) is 23.5. The number of aliphatic hydroxyl groups excluding tert-OH is 1. The molecule has 3 aromatic carbocycles. The highest BCUT2D eigenvalue weighted by Crippen LogP contribution is 2.47. The number of nitrogens with zero attached hydrogens (tertiary/aromatic N) is 2. The number of Topliss-reactive ketones (excluding diaryl/α,β-unsaturated/α-hetero) is 1. The van der Waals surface area contributed by atoms with Crippen LogP contribution in [-0.4, -0.2) is 36.0 Å². The molecular formula is C27H21FN2O5S. The third-order valence-corrected chi connectivity index (χ3v) is 7.06. The fraction of sp³-hybridized carbons (Fsp3) is 0.148. The molecule has 1 atom stereocenters. The maximum atomic E-state index is 13.8. The molecule has 0 saturated carbocycles. The predicted octanol–water partition coefficient (Wildman–Crippen LogP) is 5.39. The average molecular weight is 505 g/mol. The molecule has 1 aliphatic rings. The molecule has 0 aliphatic carbocycles. The van der Waals surface area contributed by atoms with Crippen LogP contribution in [0.3, 0.4) is 0 Å². The second-order valence-corrected chi connectivity index (χ2v) is 9.26. The fourth-order valence-corrected chi connectivity index (χ4v) is 5.25. The zero-order chi connectivity index (χ0) is 25.6. The number of hydrogen-bond acceptors (Lipinski definition) is 7. The fourth-order valence-electron chi connectivity index (χ4n) is 4.23. The minimum atomic E-state index is -1.07. The Hall–Kier alpha value is -4.24. The number of thiazole rings is 1. The van der Waals surface area contributed by atoms with Crippen molar-refractivity contribution in [1.82, 2.24) is 4.98 Å². The molecule has 5 rings (SSSR count). The summed E-state index contributed by atoms with van der Waals surface area (Å²) in [5.41, 5.74) is 2.15. The summed E-state index contributed by atoms with van der Waals surface area (Å²) in [6, 6.07) is 15.0. The SMILES string of the molecule is COc1ccc(OC)c([C@H]2/C(=C(\O)c3ccc(C)cc3)C(=O)C(=O)N2c2nc3ccc(F)cc3s2)c1. The van der Waals surface area contributed by atoms with E-state index in [0.29, 0.717) is 32.8 Å². The number of carbonyl (C=O) groups is 2. The van der Waals surface area contributed by atoms with Crippen LogP contribution in [0.15, 0.2) is 66.2 Å². The van der Waals surface area contributed by atoms with Gasteiger partial charge in [0, 0.05) is 11.1 Å². The van der Waals surface area contributed by atoms with Gasteiger partial charge in [-0.1, -0.05) is 41.2 Å². The van der Waals surface area contributed by atoms with Crippen molar-refractivity contribution in [3.05, 3.63) is 88.7 Å². The van der Waals surface area contributed by atoms with Crippen LogP contribution in [0.4, 0.5) is 9.52 Å². The second kappa shape index (κ2) is 9.09. The van der Waals surface area contributed by atoms with Gasteiger partial charge in [0.25, 0.3) is 5.78 Å². The number of halogens is 1. The normalized spacial score (nSPS) is 17.1. The lowest BCUT2D eigenvalue weighted by atomic mass is 9.94. The van der Waals surface area contributed by atoms with E-state index in [0.717, 1.165) is 16.9 Å². The summed E-state index contributed by atoms with van der Waals surface area (Å²) < 4.78 is 25.3. The Morgan fingerprint density at radius 2 is 1.78 bits per heavy atom. The molecule has 4 aromatic rings. The number of ether oxygens (including phenoxy) is 2. The van der Waals surface area contributed by atoms with Crippen LogP contribution < -0.4 is 14.4 Å². The number of rotatable bonds is 5. The van der Waals surface area contributed by atoms with E-state index in [1.807, 2.05) is 6.92 Å². The molecule has 0 bridgehead atoms. The topological polar surface area (TPSA) is 89.0 Å². The molecular weight excluding hydrogens is 483 g/mol. The summed E-state index contributed by atoms with van der Waals surface area (Å²) in [6.07, 6.45) is 0. The number of amides is 1. The van der Waals surface area contributed by atoms with Crippen LogP contribution in [0.2, 0.25) is 0 Å². The zero-order valence-electron chi connectivity index (χ0n) is 19.6. The average Bonchev–Trinajstić information content (AvgIpc) is 3.41. The molecule has 7 nitrogen and oxygen atoms in total. The molecule has 1 amide bonds. The van der Waals surface area contributed by atoms with Crippen molar-refractivity contribution in [1.29, 1.82) is 0 Å². The Bertz CT molecular complexity index is 1540. The van der Waals surface area contributed by atoms with Crippen molar-refractivity contribution in [3.8, 4) is 11.5 Å². The summed E-state index contributed by atoms with van der Waals surface area (Å²) in [5, 5.41) is 11.5. The van der Waals surface area contributed by atoms with Gasteiger partial charge in [0.2, 0.25) is 0 Å². The van der Waals surface area contributed by atoms with E-state index in [4.69, 9.17) is 9.47 Å². The lowest BCUT2D eigenvalue weighted by Gasteiger charge is -2.25. The Labute approximate surface area is 210 Å². The first-order chi connectivity index (χ1) is 17.3. The van der Waals surface area contributed by atoms with E-state index in [9.17, 15) is 19.1 Å². The highest BCUT2D eigenvalue weighted by molar-refractivity contribution is 7.22. The van der Waals surface area contributed by atoms with Crippen molar-refractivity contribution in [2.75, 3.05) is 19.1 Å². The number of benzene rings is 3. The molecule has 36 heavy (non-hydrogen) atoms. The van der Waals surface area contributed by atoms with Crippen molar-refractivity contribution in [2.45, 2.75) is 13.0 Å². The molecule has 1 aliphatic heterocycles. The van der Waals surface area contributed by atoms with Crippen molar-refractivity contribution in [3.63, 3.8) is 0 Å². The zero-order valence-corrected chi connectivity index (χ0v) is 20.4. The van der Waals surface area contributed by atoms with E-state index in [2.05, 4.69) is 4.98 Å². The molecule has 0 radical (unpaired) electrons. The van der Waals surface area contributed by atoms with E-state index in [-0.39, 0.29) is 16.5 Å². The smallest absolute Gasteiger partial charge is 0.301 e. The van der Waals surface area contributed by atoms with Gasteiger partial charge < -0.3 is 14.6 Å². The van der Waals surface area contributed by atoms with Crippen molar-refractivity contribution >= 4 is 44.1 Å². The third kappa shape index (κ3) is 3.87. The standard InChI is InChI=1S/C27H21FN2O5S/c1-14-4-6-15(7-5-14)24(31)22-23(18-13-17(34-2)9-11-20(18)35-3)30(26(33)25(22)32)27-29-19-10-8-16(28)12-21(19)36-27/h4-13,23,31H,1-3H3/b24-22+/t23-/m0/s1. The van der Waals surface area contributed by atoms with Gasteiger partial charge in [-0.05, 0) is 43.3 Å². The molecule has 1 fully saturated rings. The first-order valence-corrected chi connectivity index (χ1v) is 11.8. The van der Waals surface area contributed by atoms with Crippen LogP contribution in [0.1, 0.15) is 22.7 Å². The Kier molecular flexibility index (Phi) is 5.93. The maximum absolute atomic E-state index is 13.8. The molecule has 0 spiro atoms. The van der Waals surface area contributed by atoms with Gasteiger partial charge in [0.15, 0.2) is 5.13 Å². The largest absolute Gasteiger partial charge is 0.507 e. The number of carbonyl (C=O) groups excluding carboxylic acids is 2. The van der Waals surface area contributed by atoms with Crippen LogP contribution in [-0.2, 0) is 9.59 Å². The van der Waals surface area contributed by atoms with Gasteiger partial charge in [-0.15, -0.1) is 0 Å². The van der Waals surface area contributed by atoms with Gasteiger partial charge in [-0.25, -0.2) is 9.37 Å². The molecule has 1 saturated heterocycles. The molecule has 0 unspecified atom stereocenters. The number of hydrogen-bond donors (Lipinski definition) is 1. The highest BCUT2D eigenvalue weighted by Gasteiger charge is 2.49. The Morgan fingerprint density at radius 3 is 2.47 bits per heavy atom. The number of ketones is 1. The number of aryl methyl sites for hydroxylation is 1. The molecule has 1 N–H and O–H groups in total. The Morgan fingerprint density at radius 1 is 1.03 bits per heavy atom. The van der Waals surface area contributed by atoms with E-state index in [1.54, 1.807) is 42.5 Å². The molecule has 9 heteroatoms. The van der Waals surface area contributed by atoms with Crippen LogP contribution in [0.25, 0.3) is 16.0 Å². The number of anilines is 1. The van der Waals surface area contributed by atoms with Crippen LogP contribution >= 0.6 is 11.3 Å².